The van der Waals surface area contributed by atoms with Crippen LogP contribution in [-0.2, 0) is 15.8 Å². The summed E-state index contributed by atoms with van der Waals surface area (Å²) in [7, 11) is -1.60. The van der Waals surface area contributed by atoms with E-state index in [-0.39, 0.29) is 16.3 Å². The molecule has 0 aliphatic heterocycles. The van der Waals surface area contributed by atoms with Gasteiger partial charge in [-0.25, -0.2) is 13.3 Å². The SMILES string of the molecule is CC(C)(C)[S@](=O)NC(CC(=O)O)c1ccc(Cl)c(Oc2ccccc2)c1F. The van der Waals surface area contributed by atoms with Crippen molar-refractivity contribution >= 4 is 28.6 Å². The lowest BCUT2D eigenvalue weighted by Crippen LogP contribution is -2.36. The number of hydrogen-bond donors (Lipinski definition) is 2. The molecular formula is C19H21ClFNO4S. The number of aliphatic carboxylic acids is 1. The minimum absolute atomic E-state index is 0.0188. The largest absolute Gasteiger partial charge is 0.481 e. The summed E-state index contributed by atoms with van der Waals surface area (Å²) in [5.41, 5.74) is 0.0188. The summed E-state index contributed by atoms with van der Waals surface area (Å²) in [6.07, 6.45) is -0.453. The maximum absolute atomic E-state index is 15.1. The first-order valence-electron chi connectivity index (χ1n) is 8.20. The van der Waals surface area contributed by atoms with Crippen LogP contribution in [0.1, 0.15) is 38.8 Å². The first-order valence-corrected chi connectivity index (χ1v) is 9.73. The van der Waals surface area contributed by atoms with Gasteiger partial charge in [0.15, 0.2) is 11.6 Å². The molecule has 2 rings (SSSR count). The lowest BCUT2D eigenvalue weighted by atomic mass is 10.0. The predicted octanol–water partition coefficient (Wildman–Crippen LogP) is 4.84. The summed E-state index contributed by atoms with van der Waals surface area (Å²) in [5, 5.41) is 9.24. The molecule has 0 heterocycles. The molecule has 8 heteroatoms. The average Bonchev–Trinajstić information content (AvgIpc) is 2.58. The Morgan fingerprint density at radius 1 is 1.26 bits per heavy atom. The number of nitrogens with one attached hydrogen (secondary N) is 1. The number of rotatable bonds is 7. The zero-order valence-corrected chi connectivity index (χ0v) is 16.7. The van der Waals surface area contributed by atoms with Crippen LogP contribution < -0.4 is 9.46 Å². The summed E-state index contributed by atoms with van der Waals surface area (Å²) < 4.78 is 35.1. The van der Waals surface area contributed by atoms with Crippen molar-refractivity contribution in [3.8, 4) is 11.5 Å². The van der Waals surface area contributed by atoms with Gasteiger partial charge < -0.3 is 9.84 Å². The molecular weight excluding hydrogens is 393 g/mol. The second-order valence-electron chi connectivity index (χ2n) is 6.84. The maximum atomic E-state index is 15.1. The Labute approximate surface area is 165 Å². The van der Waals surface area contributed by atoms with Crippen LogP contribution in [0.4, 0.5) is 4.39 Å². The van der Waals surface area contributed by atoms with Crippen LogP contribution in [-0.4, -0.2) is 20.0 Å². The Bertz CT molecular complexity index is 840. The normalized spacial score (nSPS) is 13.8. The van der Waals surface area contributed by atoms with E-state index in [1.807, 2.05) is 0 Å². The van der Waals surface area contributed by atoms with Crippen molar-refractivity contribution in [3.63, 3.8) is 0 Å². The molecule has 27 heavy (non-hydrogen) atoms. The standard InChI is InChI=1S/C19H21ClFNO4S/c1-19(2,3)27(25)22-15(11-16(23)24)13-9-10-14(20)18(17(13)21)26-12-7-5-4-6-8-12/h4-10,15,22H,11H2,1-3H3,(H,23,24)/t15?,27-/m0/s1. The number of para-hydroxylation sites is 1. The molecule has 0 fully saturated rings. The number of carbonyl (C=O) groups is 1. The number of hydrogen-bond acceptors (Lipinski definition) is 3. The van der Waals surface area contributed by atoms with Gasteiger partial charge in [-0.05, 0) is 39.0 Å². The quantitative estimate of drug-likeness (QED) is 0.681. The van der Waals surface area contributed by atoms with Gasteiger partial charge in [0.2, 0.25) is 0 Å². The smallest absolute Gasteiger partial charge is 0.305 e. The number of benzene rings is 2. The van der Waals surface area contributed by atoms with E-state index in [4.69, 9.17) is 16.3 Å². The molecule has 0 saturated carbocycles. The van der Waals surface area contributed by atoms with E-state index in [0.717, 1.165) is 0 Å². The van der Waals surface area contributed by atoms with Gasteiger partial charge in [-0.15, -0.1) is 0 Å². The maximum Gasteiger partial charge on any atom is 0.305 e. The number of ether oxygens (including phenoxy) is 1. The summed E-state index contributed by atoms with van der Waals surface area (Å²) in [6, 6.07) is 10.3. The highest BCUT2D eigenvalue weighted by Crippen LogP contribution is 2.36. The summed E-state index contributed by atoms with van der Waals surface area (Å²) >= 11 is 6.08. The molecule has 2 aromatic rings. The van der Waals surface area contributed by atoms with E-state index >= 15 is 4.39 Å². The Hall–Kier alpha value is -1.96. The fourth-order valence-electron chi connectivity index (χ4n) is 2.21. The van der Waals surface area contributed by atoms with Crippen LogP contribution in [0.3, 0.4) is 0 Å². The van der Waals surface area contributed by atoms with Crippen LogP contribution in [0, 0.1) is 5.82 Å². The van der Waals surface area contributed by atoms with Crippen molar-refractivity contribution in [2.45, 2.75) is 38.0 Å². The Kier molecular flexibility index (Phi) is 6.97. The minimum atomic E-state index is -1.60. The second-order valence-corrected chi connectivity index (χ2v) is 9.25. The van der Waals surface area contributed by atoms with Crippen LogP contribution in [0.5, 0.6) is 11.5 Å². The van der Waals surface area contributed by atoms with Crippen molar-refractivity contribution in [1.82, 2.24) is 4.72 Å². The predicted molar refractivity (Wildman–Crippen MR) is 104 cm³/mol. The molecule has 146 valence electrons. The minimum Gasteiger partial charge on any atom is -0.481 e. The molecule has 5 nitrogen and oxygen atoms in total. The molecule has 0 aliphatic rings. The van der Waals surface area contributed by atoms with Gasteiger partial charge in [-0.1, -0.05) is 35.9 Å². The molecule has 0 aromatic heterocycles. The van der Waals surface area contributed by atoms with Gasteiger partial charge >= 0.3 is 5.97 Å². The summed E-state index contributed by atoms with van der Waals surface area (Å²) in [4.78, 5) is 11.2. The first-order chi connectivity index (χ1) is 12.6. The fraction of sp³-hybridized carbons (Fsp3) is 0.316. The Balaban J connectivity index is 2.42. The molecule has 0 bridgehead atoms. The number of carboxylic acids is 1. The average molecular weight is 414 g/mol. The molecule has 2 N–H and O–H groups in total. The summed E-state index contributed by atoms with van der Waals surface area (Å²) in [6.45, 7) is 5.20. The van der Waals surface area contributed by atoms with Gasteiger partial charge in [0, 0.05) is 5.56 Å². The van der Waals surface area contributed by atoms with E-state index in [2.05, 4.69) is 4.72 Å². The topological polar surface area (TPSA) is 75.6 Å². The van der Waals surface area contributed by atoms with E-state index in [1.54, 1.807) is 51.1 Å². The highest BCUT2D eigenvalue weighted by molar-refractivity contribution is 7.84. The molecule has 0 spiro atoms. The first kappa shape index (κ1) is 21.3. The Morgan fingerprint density at radius 3 is 2.44 bits per heavy atom. The monoisotopic (exact) mass is 413 g/mol. The molecule has 0 aliphatic carbocycles. The van der Waals surface area contributed by atoms with Crippen molar-refractivity contribution in [2.75, 3.05) is 0 Å². The summed E-state index contributed by atoms with van der Waals surface area (Å²) in [5.74, 6) is -1.77. The van der Waals surface area contributed by atoms with Crippen molar-refractivity contribution in [3.05, 3.63) is 58.9 Å². The third-order valence-electron chi connectivity index (χ3n) is 3.60. The lowest BCUT2D eigenvalue weighted by molar-refractivity contribution is -0.137. The molecule has 2 atom stereocenters. The third kappa shape index (κ3) is 5.76. The van der Waals surface area contributed by atoms with Gasteiger partial charge in [0.05, 0.1) is 33.2 Å². The van der Waals surface area contributed by atoms with Crippen molar-refractivity contribution in [1.29, 1.82) is 0 Å². The fourth-order valence-corrected chi connectivity index (χ4v) is 3.22. The molecule has 0 radical (unpaired) electrons. The Morgan fingerprint density at radius 2 is 1.89 bits per heavy atom. The van der Waals surface area contributed by atoms with E-state index < -0.39 is 40.0 Å². The van der Waals surface area contributed by atoms with Crippen molar-refractivity contribution in [2.24, 2.45) is 0 Å². The van der Waals surface area contributed by atoms with Gasteiger partial charge in [0.1, 0.15) is 5.75 Å². The van der Waals surface area contributed by atoms with Crippen LogP contribution in [0.2, 0.25) is 5.02 Å². The van der Waals surface area contributed by atoms with Gasteiger partial charge in [0.25, 0.3) is 0 Å². The number of halogens is 2. The van der Waals surface area contributed by atoms with Crippen LogP contribution >= 0.6 is 11.6 Å². The zero-order chi connectivity index (χ0) is 20.2. The van der Waals surface area contributed by atoms with Crippen molar-refractivity contribution < 1.29 is 23.2 Å². The van der Waals surface area contributed by atoms with Crippen LogP contribution in [0.25, 0.3) is 0 Å². The van der Waals surface area contributed by atoms with Gasteiger partial charge in [-0.3, -0.25) is 4.79 Å². The zero-order valence-electron chi connectivity index (χ0n) is 15.2. The van der Waals surface area contributed by atoms with E-state index in [1.165, 1.54) is 12.1 Å². The molecule has 2 aromatic carbocycles. The van der Waals surface area contributed by atoms with E-state index in [0.29, 0.717) is 5.75 Å². The van der Waals surface area contributed by atoms with Crippen LogP contribution in [0.15, 0.2) is 42.5 Å². The van der Waals surface area contributed by atoms with E-state index in [9.17, 15) is 14.1 Å². The second kappa shape index (κ2) is 8.82. The highest BCUT2D eigenvalue weighted by atomic mass is 35.5. The van der Waals surface area contributed by atoms with Gasteiger partial charge in [-0.2, -0.15) is 0 Å². The third-order valence-corrected chi connectivity index (χ3v) is 5.51. The lowest BCUT2D eigenvalue weighted by Gasteiger charge is -2.24. The number of carboxylic acid groups (broad SMARTS) is 1. The highest BCUT2D eigenvalue weighted by Gasteiger charge is 2.28. The molecule has 1 unspecified atom stereocenters. The molecule has 0 saturated heterocycles. The molecule has 0 amide bonds.